The van der Waals surface area contributed by atoms with Crippen LogP contribution in [0.4, 0.5) is 13.2 Å². The molecule has 1 fully saturated rings. The van der Waals surface area contributed by atoms with Gasteiger partial charge in [0.2, 0.25) is 0 Å². The summed E-state index contributed by atoms with van der Waals surface area (Å²) in [6.45, 7) is 1.83. The number of allylic oxidation sites excluding steroid dienone is 2. The largest absolute Gasteiger partial charge is 0.534 e. The van der Waals surface area contributed by atoms with Gasteiger partial charge in [0, 0.05) is 5.41 Å². The second kappa shape index (κ2) is 6.24. The molecule has 1 saturated carbocycles. The van der Waals surface area contributed by atoms with Crippen molar-refractivity contribution in [2.45, 2.75) is 50.5 Å². The van der Waals surface area contributed by atoms with Crippen molar-refractivity contribution in [3.63, 3.8) is 0 Å². The van der Waals surface area contributed by atoms with E-state index >= 15 is 0 Å². The number of hydrogen-bond acceptors (Lipinski definition) is 4. The molecule has 3 aliphatic carbocycles. The number of fused-ring (bicyclic) bond motifs is 5. The van der Waals surface area contributed by atoms with E-state index in [0.717, 1.165) is 19.3 Å². The monoisotopic (exact) mass is 411 g/mol. The van der Waals surface area contributed by atoms with Crippen molar-refractivity contribution in [1.82, 2.24) is 0 Å². The van der Waals surface area contributed by atoms with Crippen molar-refractivity contribution >= 4 is 10.1 Å². The number of alkyl halides is 3. The molecule has 4 rings (SSSR count). The molecule has 0 radical (unpaired) electrons. The third-order valence-corrected chi connectivity index (χ3v) is 7.81. The van der Waals surface area contributed by atoms with Gasteiger partial charge in [-0.3, -0.25) is 0 Å². The van der Waals surface area contributed by atoms with Crippen LogP contribution in [0.15, 0.2) is 30.0 Å². The molecule has 28 heavy (non-hydrogen) atoms. The van der Waals surface area contributed by atoms with Gasteiger partial charge in [-0.2, -0.15) is 26.9 Å². The molecule has 4 atom stereocenters. The SMILES string of the molecule is C[C@]12CC[C@@H]3c4ccc(C#N)cc4CC[C@H]3[C@@H]1CC=C2OS(=O)(=O)C(F)(F)F. The lowest BCUT2D eigenvalue weighted by Crippen LogP contribution is -2.42. The molecule has 0 bridgehead atoms. The molecule has 0 heterocycles. The van der Waals surface area contributed by atoms with Crippen LogP contribution in [0.3, 0.4) is 0 Å². The van der Waals surface area contributed by atoms with E-state index in [-0.39, 0.29) is 23.5 Å². The third kappa shape index (κ3) is 2.83. The minimum absolute atomic E-state index is 0.0495. The minimum atomic E-state index is -5.65. The summed E-state index contributed by atoms with van der Waals surface area (Å²) in [4.78, 5) is 0. The van der Waals surface area contributed by atoms with E-state index in [1.165, 1.54) is 17.2 Å². The van der Waals surface area contributed by atoms with Gasteiger partial charge in [-0.05, 0) is 79.2 Å². The van der Waals surface area contributed by atoms with Crippen LogP contribution in [-0.2, 0) is 20.7 Å². The van der Waals surface area contributed by atoms with Gasteiger partial charge >= 0.3 is 15.6 Å². The number of halogens is 3. The van der Waals surface area contributed by atoms with Gasteiger partial charge in [-0.15, -0.1) is 0 Å². The highest BCUT2D eigenvalue weighted by molar-refractivity contribution is 7.87. The molecule has 4 nitrogen and oxygen atoms in total. The summed E-state index contributed by atoms with van der Waals surface area (Å²) < 4.78 is 65.9. The van der Waals surface area contributed by atoms with Gasteiger partial charge in [0.05, 0.1) is 11.6 Å². The second-order valence-electron chi connectivity index (χ2n) is 8.18. The molecule has 3 aliphatic rings. The van der Waals surface area contributed by atoms with Crippen LogP contribution in [0, 0.1) is 28.6 Å². The Hall–Kier alpha value is -2.01. The average Bonchev–Trinajstić information content (AvgIpc) is 2.96. The fourth-order valence-corrected chi connectivity index (χ4v) is 6.06. The molecular formula is C20H20F3NO3S. The highest BCUT2D eigenvalue weighted by atomic mass is 32.2. The topological polar surface area (TPSA) is 67.2 Å². The Balaban J connectivity index is 1.61. The normalized spacial score (nSPS) is 31.8. The van der Waals surface area contributed by atoms with Crippen LogP contribution in [0.25, 0.3) is 0 Å². The maximum atomic E-state index is 12.8. The first-order valence-corrected chi connectivity index (χ1v) is 10.7. The van der Waals surface area contributed by atoms with Gasteiger partial charge in [0.15, 0.2) is 0 Å². The van der Waals surface area contributed by atoms with Crippen molar-refractivity contribution in [1.29, 1.82) is 5.26 Å². The summed E-state index contributed by atoms with van der Waals surface area (Å²) in [5, 5.41) is 9.11. The summed E-state index contributed by atoms with van der Waals surface area (Å²) >= 11 is 0. The fourth-order valence-electron chi connectivity index (χ4n) is 5.47. The fraction of sp³-hybridized carbons (Fsp3) is 0.550. The van der Waals surface area contributed by atoms with E-state index in [0.29, 0.717) is 18.4 Å². The molecule has 1 aromatic carbocycles. The minimum Gasteiger partial charge on any atom is -0.380 e. The summed E-state index contributed by atoms with van der Waals surface area (Å²) in [7, 11) is -5.65. The van der Waals surface area contributed by atoms with E-state index in [1.54, 1.807) is 0 Å². The Kier molecular flexibility index (Phi) is 4.31. The Morgan fingerprint density at radius 2 is 2.04 bits per heavy atom. The Labute approximate surface area is 162 Å². The number of hydrogen-bond donors (Lipinski definition) is 0. The first-order chi connectivity index (χ1) is 13.1. The second-order valence-corrected chi connectivity index (χ2v) is 9.72. The lowest BCUT2D eigenvalue weighted by molar-refractivity contribution is -0.0544. The lowest BCUT2D eigenvalue weighted by atomic mass is 9.55. The molecular weight excluding hydrogens is 391 g/mol. The number of nitrogens with zero attached hydrogens (tertiary/aromatic N) is 1. The Morgan fingerprint density at radius 1 is 1.29 bits per heavy atom. The summed E-state index contributed by atoms with van der Waals surface area (Å²) in [6.07, 6.45) is 5.06. The average molecular weight is 411 g/mol. The number of aryl methyl sites for hydroxylation is 1. The van der Waals surface area contributed by atoms with Crippen LogP contribution in [0.5, 0.6) is 0 Å². The van der Waals surface area contributed by atoms with E-state index in [1.807, 2.05) is 25.1 Å². The van der Waals surface area contributed by atoms with Crippen molar-refractivity contribution in [3.05, 3.63) is 46.7 Å². The van der Waals surface area contributed by atoms with Crippen LogP contribution in [-0.4, -0.2) is 13.9 Å². The van der Waals surface area contributed by atoms with Crippen LogP contribution < -0.4 is 0 Å². The Bertz CT molecular complexity index is 993. The summed E-state index contributed by atoms with van der Waals surface area (Å²) in [6, 6.07) is 7.90. The van der Waals surface area contributed by atoms with Crippen LogP contribution >= 0.6 is 0 Å². The predicted molar refractivity (Wildman–Crippen MR) is 95.3 cm³/mol. The van der Waals surface area contributed by atoms with Gasteiger partial charge in [0.25, 0.3) is 0 Å². The van der Waals surface area contributed by atoms with Gasteiger partial charge in [-0.1, -0.05) is 13.0 Å². The molecule has 0 saturated heterocycles. The van der Waals surface area contributed by atoms with Crippen LogP contribution in [0.2, 0.25) is 0 Å². The van der Waals surface area contributed by atoms with E-state index < -0.39 is 21.0 Å². The molecule has 0 unspecified atom stereocenters. The third-order valence-electron chi connectivity index (χ3n) is 6.85. The van der Waals surface area contributed by atoms with Crippen molar-refractivity contribution in [3.8, 4) is 6.07 Å². The van der Waals surface area contributed by atoms with E-state index in [9.17, 15) is 21.6 Å². The summed E-state index contributed by atoms with van der Waals surface area (Å²) in [5.74, 6) is 0.527. The van der Waals surface area contributed by atoms with E-state index in [2.05, 4.69) is 10.3 Å². The van der Waals surface area contributed by atoms with Crippen molar-refractivity contribution < 1.29 is 25.8 Å². The molecule has 1 aromatic rings. The zero-order valence-corrected chi connectivity index (χ0v) is 16.1. The molecule has 0 aliphatic heterocycles. The maximum absolute atomic E-state index is 12.8. The zero-order chi connectivity index (χ0) is 20.3. The highest BCUT2D eigenvalue weighted by Crippen LogP contribution is 2.61. The highest BCUT2D eigenvalue weighted by Gasteiger charge is 2.56. The van der Waals surface area contributed by atoms with Crippen molar-refractivity contribution in [2.24, 2.45) is 17.3 Å². The standard InChI is InChI=1S/C20H20F3NO3S/c1-19-9-8-15-14-4-2-12(11-24)10-13(14)3-5-16(15)17(19)6-7-18(19)27-28(25,26)20(21,22)23/h2,4,7,10,15-17H,3,5-6,8-9H2,1H3/t15-,16-,17+,19+/m1/s1. The van der Waals surface area contributed by atoms with Crippen LogP contribution in [0.1, 0.15) is 55.2 Å². The molecule has 150 valence electrons. The molecule has 0 N–H and O–H groups in total. The van der Waals surface area contributed by atoms with Crippen molar-refractivity contribution in [2.75, 3.05) is 0 Å². The number of rotatable bonds is 2. The summed E-state index contributed by atoms with van der Waals surface area (Å²) in [5.41, 5.74) is -3.11. The molecule has 0 aromatic heterocycles. The Morgan fingerprint density at radius 3 is 2.71 bits per heavy atom. The molecule has 8 heteroatoms. The molecule has 0 amide bonds. The zero-order valence-electron chi connectivity index (χ0n) is 15.3. The lowest BCUT2D eigenvalue weighted by Gasteiger charge is -2.49. The first kappa shape index (κ1) is 19.3. The van der Waals surface area contributed by atoms with Gasteiger partial charge < -0.3 is 4.18 Å². The quantitative estimate of drug-likeness (QED) is 0.519. The number of nitriles is 1. The van der Waals surface area contributed by atoms with E-state index in [4.69, 9.17) is 5.26 Å². The van der Waals surface area contributed by atoms with Gasteiger partial charge in [0.1, 0.15) is 5.76 Å². The predicted octanol–water partition coefficient (Wildman–Crippen LogP) is 4.77. The molecule has 0 spiro atoms. The smallest absolute Gasteiger partial charge is 0.380 e. The van der Waals surface area contributed by atoms with Gasteiger partial charge in [-0.25, -0.2) is 0 Å². The maximum Gasteiger partial charge on any atom is 0.534 e. The first-order valence-electron chi connectivity index (χ1n) is 9.31. The number of benzene rings is 1.